The van der Waals surface area contributed by atoms with Gasteiger partial charge in [-0.25, -0.2) is 4.79 Å². The van der Waals surface area contributed by atoms with Gasteiger partial charge in [0.2, 0.25) is 0 Å². The average Bonchev–Trinajstić information content (AvgIpc) is 2.36. The van der Waals surface area contributed by atoms with Crippen LogP contribution in [-0.4, -0.2) is 29.5 Å². The van der Waals surface area contributed by atoms with E-state index in [9.17, 15) is 4.79 Å². The molecule has 0 aliphatic heterocycles. The van der Waals surface area contributed by atoms with Crippen LogP contribution in [0.25, 0.3) is 0 Å². The van der Waals surface area contributed by atoms with Gasteiger partial charge in [-0.2, -0.15) is 0 Å². The molecule has 0 bridgehead atoms. The Morgan fingerprint density at radius 2 is 1.86 bits per heavy atom. The lowest BCUT2D eigenvalue weighted by molar-refractivity contribution is -0.0587. The minimum Gasteiger partial charge on any atom is -0.445 e. The quantitative estimate of drug-likeness (QED) is 0.875. The van der Waals surface area contributed by atoms with E-state index in [2.05, 4.69) is 4.74 Å². The van der Waals surface area contributed by atoms with Crippen LogP contribution in [0.1, 0.15) is 39.7 Å². The Morgan fingerprint density at radius 1 is 1.29 bits per heavy atom. The van der Waals surface area contributed by atoms with Gasteiger partial charge in [-0.05, 0) is 39.7 Å². The molecule has 1 rings (SSSR count). The first-order valence-corrected chi connectivity index (χ1v) is 6.99. The van der Waals surface area contributed by atoms with Crippen molar-refractivity contribution >= 4 is 6.09 Å². The van der Waals surface area contributed by atoms with E-state index in [-0.39, 0.29) is 24.9 Å². The molecule has 0 aliphatic rings. The van der Waals surface area contributed by atoms with Gasteiger partial charge in [0.25, 0.3) is 0 Å². The van der Waals surface area contributed by atoms with Gasteiger partial charge in [0.1, 0.15) is 6.61 Å². The van der Waals surface area contributed by atoms with Crippen molar-refractivity contribution in [3.63, 3.8) is 0 Å². The summed E-state index contributed by atoms with van der Waals surface area (Å²) < 4.78 is 10.1. The minimum absolute atomic E-state index is 0.0887. The van der Waals surface area contributed by atoms with Crippen LogP contribution in [0, 0.1) is 0 Å². The SMILES string of the molecule is CC(CCO)OC(C)(C)C.NC(=O)OCc1ccccc1. The maximum absolute atomic E-state index is 10.2. The maximum Gasteiger partial charge on any atom is 0.404 e. The van der Waals surface area contributed by atoms with E-state index < -0.39 is 6.09 Å². The van der Waals surface area contributed by atoms with Gasteiger partial charge in [-0.3, -0.25) is 0 Å². The predicted octanol–water partition coefficient (Wildman–Crippen LogP) is 2.85. The molecule has 0 fully saturated rings. The average molecular weight is 297 g/mol. The number of aliphatic hydroxyl groups is 1. The van der Waals surface area contributed by atoms with Crippen molar-refractivity contribution in [1.82, 2.24) is 0 Å². The fraction of sp³-hybridized carbons (Fsp3) is 0.562. The second kappa shape index (κ2) is 10.2. The Hall–Kier alpha value is -1.59. The third kappa shape index (κ3) is 13.2. The number of amides is 1. The highest BCUT2D eigenvalue weighted by Crippen LogP contribution is 2.11. The molecule has 5 heteroatoms. The molecule has 3 N–H and O–H groups in total. The van der Waals surface area contributed by atoms with E-state index >= 15 is 0 Å². The molecule has 1 atom stereocenters. The number of benzene rings is 1. The molecule has 1 unspecified atom stereocenters. The number of carbonyl (C=O) groups excluding carboxylic acids is 1. The number of rotatable bonds is 5. The first-order valence-electron chi connectivity index (χ1n) is 6.99. The highest BCUT2D eigenvalue weighted by Gasteiger charge is 2.13. The highest BCUT2D eigenvalue weighted by atomic mass is 16.5. The molecule has 1 amide bonds. The van der Waals surface area contributed by atoms with Crippen LogP contribution in [0.15, 0.2) is 30.3 Å². The van der Waals surface area contributed by atoms with E-state index in [4.69, 9.17) is 15.6 Å². The van der Waals surface area contributed by atoms with Crippen molar-refractivity contribution in [3.8, 4) is 0 Å². The third-order valence-electron chi connectivity index (χ3n) is 2.31. The van der Waals surface area contributed by atoms with E-state index in [0.29, 0.717) is 0 Å². The maximum atomic E-state index is 10.2. The second-order valence-electron chi connectivity index (χ2n) is 5.65. The Kier molecular flexibility index (Phi) is 9.41. The molecule has 1 aromatic carbocycles. The van der Waals surface area contributed by atoms with Crippen molar-refractivity contribution in [1.29, 1.82) is 0 Å². The molecule has 0 saturated heterocycles. The Balaban J connectivity index is 0.000000384. The monoisotopic (exact) mass is 297 g/mol. The topological polar surface area (TPSA) is 81.8 Å². The predicted molar refractivity (Wildman–Crippen MR) is 82.8 cm³/mol. The van der Waals surface area contributed by atoms with Gasteiger partial charge in [-0.15, -0.1) is 0 Å². The van der Waals surface area contributed by atoms with Crippen LogP contribution in [0.3, 0.4) is 0 Å². The van der Waals surface area contributed by atoms with Crippen LogP contribution in [0.5, 0.6) is 0 Å². The summed E-state index contributed by atoms with van der Waals surface area (Å²) in [4.78, 5) is 10.2. The third-order valence-corrected chi connectivity index (χ3v) is 2.31. The van der Waals surface area contributed by atoms with Crippen LogP contribution >= 0.6 is 0 Å². The van der Waals surface area contributed by atoms with Crippen molar-refractivity contribution in [3.05, 3.63) is 35.9 Å². The van der Waals surface area contributed by atoms with Crippen LogP contribution in [0.2, 0.25) is 0 Å². The van der Waals surface area contributed by atoms with Crippen LogP contribution in [-0.2, 0) is 16.1 Å². The number of primary amides is 1. The number of hydrogen-bond donors (Lipinski definition) is 2. The summed E-state index contributed by atoms with van der Waals surface area (Å²) in [5.74, 6) is 0. The minimum atomic E-state index is -0.742. The van der Waals surface area contributed by atoms with Gasteiger partial charge in [-0.1, -0.05) is 30.3 Å². The standard InChI is InChI=1S/C8H9NO2.C8H18O2/c9-8(10)11-6-7-4-2-1-3-5-7;1-7(5-6-9)10-8(2,3)4/h1-5H,6H2,(H2,9,10);7,9H,5-6H2,1-4H3. The lowest BCUT2D eigenvalue weighted by Gasteiger charge is -2.24. The summed E-state index contributed by atoms with van der Waals surface area (Å²) in [6, 6.07) is 9.37. The fourth-order valence-electron chi connectivity index (χ4n) is 1.57. The van der Waals surface area contributed by atoms with E-state index in [1.54, 1.807) is 0 Å². The first kappa shape index (κ1) is 19.4. The smallest absolute Gasteiger partial charge is 0.404 e. The second-order valence-corrected chi connectivity index (χ2v) is 5.65. The number of nitrogens with two attached hydrogens (primary N) is 1. The van der Waals surface area contributed by atoms with Crippen molar-refractivity contribution in [2.24, 2.45) is 5.73 Å². The number of aliphatic hydroxyl groups excluding tert-OH is 1. The lowest BCUT2D eigenvalue weighted by atomic mass is 10.2. The molecule has 1 aromatic rings. The van der Waals surface area contributed by atoms with Crippen molar-refractivity contribution in [2.45, 2.75) is 52.4 Å². The number of ether oxygens (including phenoxy) is 2. The van der Waals surface area contributed by atoms with Crippen LogP contribution < -0.4 is 5.73 Å². The van der Waals surface area contributed by atoms with Gasteiger partial charge in [0.05, 0.1) is 11.7 Å². The van der Waals surface area contributed by atoms with Crippen LogP contribution in [0.4, 0.5) is 4.79 Å². The summed E-state index contributed by atoms with van der Waals surface area (Å²) in [5.41, 5.74) is 5.63. The molecule has 0 heterocycles. The Bertz CT molecular complexity index is 387. The zero-order chi connectivity index (χ0) is 16.3. The van der Waals surface area contributed by atoms with Gasteiger partial charge >= 0.3 is 6.09 Å². The molecule has 0 aliphatic carbocycles. The Labute approximate surface area is 127 Å². The normalized spacial score (nSPS) is 12.0. The van der Waals surface area contributed by atoms with Crippen molar-refractivity contribution in [2.75, 3.05) is 6.61 Å². The van der Waals surface area contributed by atoms with Gasteiger partial charge < -0.3 is 20.3 Å². The zero-order valence-corrected chi connectivity index (χ0v) is 13.3. The Morgan fingerprint density at radius 3 is 2.29 bits per heavy atom. The van der Waals surface area contributed by atoms with Gasteiger partial charge in [0.15, 0.2) is 0 Å². The number of hydrogen-bond acceptors (Lipinski definition) is 4. The number of carbonyl (C=O) groups is 1. The lowest BCUT2D eigenvalue weighted by Crippen LogP contribution is -2.25. The van der Waals surface area contributed by atoms with Crippen molar-refractivity contribution < 1.29 is 19.4 Å². The largest absolute Gasteiger partial charge is 0.445 e. The van der Waals surface area contributed by atoms with E-state index in [1.165, 1.54) is 0 Å². The molecular weight excluding hydrogens is 270 g/mol. The van der Waals surface area contributed by atoms with E-state index in [1.807, 2.05) is 58.0 Å². The molecular formula is C16H27NO4. The fourth-order valence-corrected chi connectivity index (χ4v) is 1.57. The molecule has 0 spiro atoms. The van der Waals surface area contributed by atoms with E-state index in [0.717, 1.165) is 12.0 Å². The molecule has 0 aromatic heterocycles. The molecule has 120 valence electrons. The molecule has 21 heavy (non-hydrogen) atoms. The molecule has 5 nitrogen and oxygen atoms in total. The first-order chi connectivity index (χ1) is 9.74. The summed E-state index contributed by atoms with van der Waals surface area (Å²) in [6.07, 6.45) is 0.135. The summed E-state index contributed by atoms with van der Waals surface area (Å²) in [7, 11) is 0. The zero-order valence-electron chi connectivity index (χ0n) is 13.3. The summed E-state index contributed by atoms with van der Waals surface area (Å²) >= 11 is 0. The van der Waals surface area contributed by atoms with Gasteiger partial charge in [0, 0.05) is 6.61 Å². The molecule has 0 saturated carbocycles. The summed E-state index contributed by atoms with van der Waals surface area (Å²) in [6.45, 7) is 8.47. The highest BCUT2D eigenvalue weighted by molar-refractivity contribution is 5.64. The molecule has 0 radical (unpaired) electrons. The summed E-state index contributed by atoms with van der Waals surface area (Å²) in [5, 5.41) is 8.55.